The van der Waals surface area contributed by atoms with Crippen LogP contribution in [0.3, 0.4) is 0 Å². The molecule has 2 aromatic carbocycles. The van der Waals surface area contributed by atoms with Crippen molar-refractivity contribution in [3.63, 3.8) is 0 Å². The highest BCUT2D eigenvalue weighted by Crippen LogP contribution is 2.31. The smallest absolute Gasteiger partial charge is 0.119 e. The average Bonchev–Trinajstić information content (AvgIpc) is 3.39. The third-order valence-corrected chi connectivity index (χ3v) is 6.11. The van der Waals surface area contributed by atoms with E-state index < -0.39 is 0 Å². The summed E-state index contributed by atoms with van der Waals surface area (Å²) in [5.74, 6) is 1.38. The van der Waals surface area contributed by atoms with E-state index >= 15 is 0 Å². The fraction of sp³-hybridized carbons (Fsp3) is 0.531. The number of nitrogens with zero attached hydrogens (tertiary/aromatic N) is 1. The van der Waals surface area contributed by atoms with Gasteiger partial charge in [0.2, 0.25) is 0 Å². The maximum absolute atomic E-state index is 6.04. The largest absolute Gasteiger partial charge is 0.493 e. The highest BCUT2D eigenvalue weighted by molar-refractivity contribution is 6.05. The van der Waals surface area contributed by atoms with Crippen LogP contribution in [0, 0.1) is 11.3 Å². The maximum atomic E-state index is 6.04. The number of benzene rings is 2. The second-order valence-corrected chi connectivity index (χ2v) is 10.8. The van der Waals surface area contributed by atoms with Crippen LogP contribution in [0.2, 0.25) is 0 Å². The molecule has 34 heavy (non-hydrogen) atoms. The van der Waals surface area contributed by atoms with E-state index in [1.807, 2.05) is 13.8 Å². The molecule has 0 amide bonds. The Hall–Kier alpha value is -2.35. The van der Waals surface area contributed by atoms with Crippen LogP contribution < -0.4 is 4.74 Å². The molecule has 2 heteroatoms. The number of fused-ring (bicyclic) bond motifs is 1. The van der Waals surface area contributed by atoms with Gasteiger partial charge in [-0.2, -0.15) is 0 Å². The van der Waals surface area contributed by atoms with E-state index in [4.69, 9.17) is 9.73 Å². The van der Waals surface area contributed by atoms with Crippen molar-refractivity contribution in [2.75, 3.05) is 6.61 Å². The molecule has 1 unspecified atom stereocenters. The van der Waals surface area contributed by atoms with E-state index in [0.717, 1.165) is 18.6 Å². The van der Waals surface area contributed by atoms with Gasteiger partial charge in [0.15, 0.2) is 0 Å². The predicted octanol–water partition coefficient (Wildman–Crippen LogP) is 9.00. The van der Waals surface area contributed by atoms with Gasteiger partial charge in [-0.05, 0) is 78.0 Å². The molecular formula is C32H47NO. The summed E-state index contributed by atoms with van der Waals surface area (Å²) in [5, 5.41) is 0. The number of ether oxygens (including phenoxy) is 1. The predicted molar refractivity (Wildman–Crippen MR) is 149 cm³/mol. The molecule has 0 aromatic heterocycles. The van der Waals surface area contributed by atoms with E-state index in [2.05, 4.69) is 90.9 Å². The van der Waals surface area contributed by atoms with Gasteiger partial charge in [0.1, 0.15) is 5.75 Å². The second kappa shape index (κ2) is 12.9. The lowest BCUT2D eigenvalue weighted by atomic mass is 9.93. The normalized spacial score (nSPS) is 16.7. The highest BCUT2D eigenvalue weighted by Gasteiger charge is 2.24. The summed E-state index contributed by atoms with van der Waals surface area (Å²) >= 11 is 0. The molecule has 0 saturated carbocycles. The summed E-state index contributed by atoms with van der Waals surface area (Å²) in [6, 6.07) is 15.4. The minimum Gasteiger partial charge on any atom is -0.493 e. The van der Waals surface area contributed by atoms with Crippen LogP contribution in [0.25, 0.3) is 0 Å². The first kappa shape index (κ1) is 27.9. The van der Waals surface area contributed by atoms with E-state index in [0.29, 0.717) is 17.9 Å². The Kier molecular flexibility index (Phi) is 10.6. The van der Waals surface area contributed by atoms with Gasteiger partial charge in [-0.25, -0.2) is 0 Å². The Morgan fingerprint density at radius 1 is 0.941 bits per heavy atom. The molecular weight excluding hydrogens is 414 g/mol. The van der Waals surface area contributed by atoms with Crippen molar-refractivity contribution in [3.05, 3.63) is 76.0 Å². The van der Waals surface area contributed by atoms with E-state index in [1.54, 1.807) is 0 Å². The lowest BCUT2D eigenvalue weighted by Crippen LogP contribution is -2.09. The average molecular weight is 462 g/mol. The monoisotopic (exact) mass is 461 g/mol. The molecule has 2 aromatic rings. The molecule has 0 bridgehead atoms. The number of aliphatic imine (C=N–C) groups is 1. The van der Waals surface area contributed by atoms with Gasteiger partial charge in [-0.3, -0.25) is 4.99 Å². The van der Waals surface area contributed by atoms with Gasteiger partial charge in [0.25, 0.3) is 0 Å². The lowest BCUT2D eigenvalue weighted by Gasteiger charge is -2.10. The van der Waals surface area contributed by atoms with Crippen LogP contribution in [-0.2, 0) is 19.3 Å². The lowest BCUT2D eigenvalue weighted by molar-refractivity contribution is 0.320. The Balaban J connectivity index is 0.000000520. The summed E-state index contributed by atoms with van der Waals surface area (Å²) in [6.07, 6.45) is 5.63. The third-order valence-electron chi connectivity index (χ3n) is 6.11. The van der Waals surface area contributed by atoms with Gasteiger partial charge >= 0.3 is 0 Å². The Labute approximate surface area is 209 Å². The molecule has 2 nitrogen and oxygen atoms in total. The van der Waals surface area contributed by atoms with Gasteiger partial charge in [0.05, 0.1) is 12.3 Å². The van der Waals surface area contributed by atoms with Crippen molar-refractivity contribution >= 4 is 5.71 Å². The van der Waals surface area contributed by atoms with Gasteiger partial charge in [-0.15, -0.1) is 0 Å². The molecule has 2 aliphatic rings. The fourth-order valence-corrected chi connectivity index (χ4v) is 4.17. The van der Waals surface area contributed by atoms with Crippen molar-refractivity contribution in [2.24, 2.45) is 16.3 Å². The zero-order valence-electron chi connectivity index (χ0n) is 23.2. The minimum atomic E-state index is 0.382. The first-order valence-electron chi connectivity index (χ1n) is 13.3. The number of hydrogen-bond acceptors (Lipinski definition) is 2. The molecule has 186 valence electrons. The molecule has 0 radical (unpaired) electrons. The van der Waals surface area contributed by atoms with Crippen molar-refractivity contribution in [1.29, 1.82) is 0 Å². The summed E-state index contributed by atoms with van der Waals surface area (Å²) in [5.41, 5.74) is 9.84. The van der Waals surface area contributed by atoms with Crippen LogP contribution in [0.15, 0.2) is 58.7 Å². The van der Waals surface area contributed by atoms with Crippen molar-refractivity contribution in [3.8, 4) is 5.75 Å². The summed E-state index contributed by atoms with van der Waals surface area (Å²) in [4.78, 5) is 4.98. The van der Waals surface area contributed by atoms with Gasteiger partial charge < -0.3 is 4.74 Å². The summed E-state index contributed by atoms with van der Waals surface area (Å²) in [7, 11) is 0. The van der Waals surface area contributed by atoms with Crippen LogP contribution in [0.5, 0.6) is 5.75 Å². The molecule has 0 N–H and O–H groups in total. The number of rotatable bonds is 6. The van der Waals surface area contributed by atoms with Crippen LogP contribution in [0.1, 0.15) is 97.4 Å². The topological polar surface area (TPSA) is 21.6 Å². The highest BCUT2D eigenvalue weighted by atomic mass is 16.5. The SMILES string of the molecule is CC.CC(C)(C)C.CCc1ccc(C2=NC(CCOc3ccc4c(c3)CCC4)=C(C)C2C)cc1. The van der Waals surface area contributed by atoms with E-state index in [-0.39, 0.29) is 0 Å². The minimum absolute atomic E-state index is 0.382. The maximum Gasteiger partial charge on any atom is 0.119 e. The fourth-order valence-electron chi connectivity index (χ4n) is 4.17. The van der Waals surface area contributed by atoms with Crippen LogP contribution >= 0.6 is 0 Å². The number of hydrogen-bond donors (Lipinski definition) is 0. The first-order valence-corrected chi connectivity index (χ1v) is 13.3. The van der Waals surface area contributed by atoms with Gasteiger partial charge in [-0.1, -0.05) is 85.7 Å². The molecule has 0 saturated heterocycles. The quantitative estimate of drug-likeness (QED) is 0.420. The van der Waals surface area contributed by atoms with E-state index in [9.17, 15) is 0 Å². The third kappa shape index (κ3) is 8.15. The molecule has 4 rings (SSSR count). The molecule has 1 atom stereocenters. The molecule has 1 aliphatic heterocycles. The Bertz CT molecular complexity index is 967. The van der Waals surface area contributed by atoms with E-state index in [1.165, 1.54) is 58.5 Å². The molecule has 1 heterocycles. The Morgan fingerprint density at radius 3 is 2.18 bits per heavy atom. The van der Waals surface area contributed by atoms with Crippen molar-refractivity contribution < 1.29 is 4.74 Å². The van der Waals surface area contributed by atoms with Gasteiger partial charge in [0, 0.05) is 18.0 Å². The van der Waals surface area contributed by atoms with Crippen molar-refractivity contribution in [2.45, 2.75) is 94.4 Å². The Morgan fingerprint density at radius 2 is 1.56 bits per heavy atom. The standard InChI is InChI=1S/C25H29NO.C5H12.C2H6/c1-4-19-8-10-21(11-9-19)25-18(3)17(2)24(26-25)14-15-27-23-13-12-20-6-5-7-22(20)16-23;1-5(2,3)4;1-2/h8-13,16,18H,4-7,14-15H2,1-3H3;1-4H3;1-2H3. The first-order chi connectivity index (χ1) is 16.2. The zero-order valence-corrected chi connectivity index (χ0v) is 23.2. The second-order valence-electron chi connectivity index (χ2n) is 10.8. The molecule has 0 fully saturated rings. The summed E-state index contributed by atoms with van der Waals surface area (Å²) in [6.45, 7) is 20.1. The summed E-state index contributed by atoms with van der Waals surface area (Å²) < 4.78 is 6.04. The molecule has 0 spiro atoms. The molecule has 1 aliphatic carbocycles. The van der Waals surface area contributed by atoms with Crippen LogP contribution in [-0.4, -0.2) is 12.3 Å². The number of allylic oxidation sites excluding steroid dienone is 1. The number of aryl methyl sites for hydroxylation is 3. The zero-order chi connectivity index (χ0) is 25.3. The van der Waals surface area contributed by atoms with Crippen molar-refractivity contribution in [1.82, 2.24) is 0 Å². The van der Waals surface area contributed by atoms with Crippen LogP contribution in [0.4, 0.5) is 0 Å².